The minimum atomic E-state index is -4.48. The van der Waals surface area contributed by atoms with Gasteiger partial charge in [0.05, 0.1) is 17.6 Å². The van der Waals surface area contributed by atoms with Crippen molar-refractivity contribution in [2.75, 3.05) is 11.9 Å². The van der Waals surface area contributed by atoms with Gasteiger partial charge in [-0.25, -0.2) is 9.67 Å². The van der Waals surface area contributed by atoms with Gasteiger partial charge in [0.25, 0.3) is 5.91 Å². The number of benzene rings is 1. The lowest BCUT2D eigenvalue weighted by atomic mass is 10.2. The third kappa shape index (κ3) is 5.18. The molecule has 0 unspecified atom stereocenters. The van der Waals surface area contributed by atoms with E-state index in [2.05, 4.69) is 20.1 Å². The number of nitrogens with zero attached hydrogens (tertiary/aromatic N) is 3. The fourth-order valence-electron chi connectivity index (χ4n) is 2.42. The van der Waals surface area contributed by atoms with E-state index in [0.717, 1.165) is 6.20 Å². The molecule has 0 spiro atoms. The van der Waals surface area contributed by atoms with Gasteiger partial charge in [0.15, 0.2) is 12.3 Å². The zero-order chi connectivity index (χ0) is 21.0. The number of anilines is 1. The first-order valence-electron chi connectivity index (χ1n) is 8.36. The standard InChI is InChI=1S/C19H15F3N4O3/c1-12-9-15(27)17(25-26(12)14-5-3-2-4-6-14)18(28)24-13-7-8-16(23-10-13)29-11-19(20,21)22/h2-10H,11H2,1H3,(H,24,28). The Bertz CT molecular complexity index is 1060. The average molecular weight is 404 g/mol. The summed E-state index contributed by atoms with van der Waals surface area (Å²) >= 11 is 0. The number of aromatic nitrogens is 3. The lowest BCUT2D eigenvalue weighted by Crippen LogP contribution is -2.27. The number of hydrogen-bond acceptors (Lipinski definition) is 5. The fraction of sp³-hybridized carbons (Fsp3) is 0.158. The molecule has 2 heterocycles. The van der Waals surface area contributed by atoms with Crippen LogP contribution in [0, 0.1) is 6.92 Å². The Kier molecular flexibility index (Phi) is 5.62. The third-order valence-corrected chi connectivity index (χ3v) is 3.70. The number of amides is 1. The van der Waals surface area contributed by atoms with Crippen molar-refractivity contribution in [1.29, 1.82) is 0 Å². The number of halogens is 3. The highest BCUT2D eigenvalue weighted by Crippen LogP contribution is 2.18. The molecule has 0 aliphatic carbocycles. The molecule has 0 atom stereocenters. The number of nitrogens with one attached hydrogen (secondary N) is 1. The summed E-state index contributed by atoms with van der Waals surface area (Å²) in [7, 11) is 0. The van der Waals surface area contributed by atoms with Crippen LogP contribution in [0.2, 0.25) is 0 Å². The molecule has 1 aromatic carbocycles. The maximum atomic E-state index is 12.5. The van der Waals surface area contributed by atoms with Crippen molar-refractivity contribution in [3.63, 3.8) is 0 Å². The van der Waals surface area contributed by atoms with Crippen LogP contribution in [0.15, 0.2) is 59.5 Å². The number of carbonyl (C=O) groups is 1. The van der Waals surface area contributed by atoms with Crippen LogP contribution in [-0.4, -0.2) is 33.5 Å². The van der Waals surface area contributed by atoms with E-state index in [9.17, 15) is 22.8 Å². The second-order valence-corrected chi connectivity index (χ2v) is 5.99. The molecule has 7 nitrogen and oxygen atoms in total. The molecule has 0 fully saturated rings. The van der Waals surface area contributed by atoms with Crippen LogP contribution in [0.1, 0.15) is 16.2 Å². The van der Waals surface area contributed by atoms with Crippen molar-refractivity contribution in [2.45, 2.75) is 13.1 Å². The molecule has 1 N–H and O–H groups in total. The molecule has 3 aromatic rings. The minimum Gasteiger partial charge on any atom is -0.468 e. The lowest BCUT2D eigenvalue weighted by molar-refractivity contribution is -0.154. The Morgan fingerprint density at radius 3 is 2.52 bits per heavy atom. The van der Waals surface area contributed by atoms with E-state index >= 15 is 0 Å². The molecular formula is C19H15F3N4O3. The molecule has 0 aliphatic rings. The molecule has 1 amide bonds. The SMILES string of the molecule is Cc1cc(=O)c(C(=O)Nc2ccc(OCC(F)(F)F)nc2)nn1-c1ccccc1. The predicted octanol–water partition coefficient (Wildman–Crippen LogP) is 3.13. The van der Waals surface area contributed by atoms with Crippen molar-refractivity contribution in [2.24, 2.45) is 0 Å². The van der Waals surface area contributed by atoms with Gasteiger partial charge in [-0.15, -0.1) is 0 Å². The van der Waals surface area contributed by atoms with E-state index in [4.69, 9.17) is 0 Å². The molecule has 0 saturated heterocycles. The number of hydrogen-bond donors (Lipinski definition) is 1. The van der Waals surface area contributed by atoms with E-state index in [1.54, 1.807) is 31.2 Å². The van der Waals surface area contributed by atoms with Gasteiger partial charge in [-0.3, -0.25) is 9.59 Å². The summed E-state index contributed by atoms with van der Waals surface area (Å²) in [6, 6.07) is 12.7. The number of ether oxygens (including phenoxy) is 1. The lowest BCUT2D eigenvalue weighted by Gasteiger charge is -2.11. The maximum absolute atomic E-state index is 12.5. The molecule has 150 valence electrons. The van der Waals surface area contributed by atoms with E-state index in [1.807, 2.05) is 6.07 Å². The van der Waals surface area contributed by atoms with Crippen LogP contribution in [0.25, 0.3) is 5.69 Å². The summed E-state index contributed by atoms with van der Waals surface area (Å²) in [5, 5.41) is 6.58. The highest BCUT2D eigenvalue weighted by Gasteiger charge is 2.28. The van der Waals surface area contributed by atoms with Crippen LogP contribution in [-0.2, 0) is 0 Å². The minimum absolute atomic E-state index is 0.169. The van der Waals surface area contributed by atoms with E-state index in [-0.39, 0.29) is 17.3 Å². The number of alkyl halides is 3. The summed E-state index contributed by atoms with van der Waals surface area (Å²) in [5.74, 6) is -1.02. The van der Waals surface area contributed by atoms with Crippen molar-refractivity contribution in [1.82, 2.24) is 14.8 Å². The van der Waals surface area contributed by atoms with Gasteiger partial charge >= 0.3 is 6.18 Å². The monoisotopic (exact) mass is 404 g/mol. The first-order chi connectivity index (χ1) is 13.7. The summed E-state index contributed by atoms with van der Waals surface area (Å²) in [4.78, 5) is 28.4. The Balaban J connectivity index is 1.78. The van der Waals surface area contributed by atoms with Crippen LogP contribution in [0.4, 0.5) is 18.9 Å². The predicted molar refractivity (Wildman–Crippen MR) is 98.3 cm³/mol. The molecule has 29 heavy (non-hydrogen) atoms. The second kappa shape index (κ2) is 8.13. The Hall–Kier alpha value is -3.69. The van der Waals surface area contributed by atoms with Crippen LogP contribution in [0.3, 0.4) is 0 Å². The molecule has 3 rings (SSSR count). The first kappa shape index (κ1) is 20.1. The van der Waals surface area contributed by atoms with Gasteiger partial charge in [0.1, 0.15) is 0 Å². The largest absolute Gasteiger partial charge is 0.468 e. The smallest absolute Gasteiger partial charge is 0.422 e. The summed E-state index contributed by atoms with van der Waals surface area (Å²) in [6.07, 6.45) is -3.36. The van der Waals surface area contributed by atoms with Crippen molar-refractivity contribution in [3.05, 3.63) is 76.3 Å². The zero-order valence-corrected chi connectivity index (χ0v) is 15.1. The zero-order valence-electron chi connectivity index (χ0n) is 15.1. The number of carbonyl (C=O) groups excluding carboxylic acids is 1. The van der Waals surface area contributed by atoms with Gasteiger partial charge in [0.2, 0.25) is 11.3 Å². The normalized spacial score (nSPS) is 11.2. The van der Waals surface area contributed by atoms with Gasteiger partial charge < -0.3 is 10.1 Å². The van der Waals surface area contributed by atoms with E-state index in [0.29, 0.717) is 11.4 Å². The highest BCUT2D eigenvalue weighted by atomic mass is 19.4. The van der Waals surface area contributed by atoms with E-state index in [1.165, 1.54) is 22.9 Å². The molecular weight excluding hydrogens is 389 g/mol. The first-order valence-corrected chi connectivity index (χ1v) is 8.36. The number of pyridine rings is 1. The highest BCUT2D eigenvalue weighted by molar-refractivity contribution is 6.02. The van der Waals surface area contributed by atoms with Crippen molar-refractivity contribution < 1.29 is 22.7 Å². The Morgan fingerprint density at radius 2 is 1.90 bits per heavy atom. The summed E-state index contributed by atoms with van der Waals surface area (Å²) in [6.45, 7) is 0.213. The quantitative estimate of drug-likeness (QED) is 0.706. The van der Waals surface area contributed by atoms with Crippen molar-refractivity contribution >= 4 is 11.6 Å². The van der Waals surface area contributed by atoms with Crippen LogP contribution >= 0.6 is 0 Å². The van der Waals surface area contributed by atoms with Gasteiger partial charge in [-0.2, -0.15) is 18.3 Å². The summed E-state index contributed by atoms with van der Waals surface area (Å²) in [5.41, 5.74) is 0.488. The second-order valence-electron chi connectivity index (χ2n) is 5.99. The molecule has 0 saturated carbocycles. The van der Waals surface area contributed by atoms with Gasteiger partial charge in [0, 0.05) is 17.8 Å². The van der Waals surface area contributed by atoms with Gasteiger partial charge in [-0.05, 0) is 25.1 Å². The fourth-order valence-corrected chi connectivity index (χ4v) is 2.42. The molecule has 0 radical (unpaired) electrons. The van der Waals surface area contributed by atoms with Crippen molar-refractivity contribution in [3.8, 4) is 11.6 Å². The maximum Gasteiger partial charge on any atom is 0.422 e. The van der Waals surface area contributed by atoms with Crippen LogP contribution in [0.5, 0.6) is 5.88 Å². The summed E-state index contributed by atoms with van der Waals surface area (Å²) < 4.78 is 42.4. The molecule has 0 aliphatic heterocycles. The Morgan fingerprint density at radius 1 is 1.17 bits per heavy atom. The van der Waals surface area contributed by atoms with E-state index < -0.39 is 24.1 Å². The van der Waals surface area contributed by atoms with Crippen LogP contribution < -0.4 is 15.5 Å². The molecule has 2 aromatic heterocycles. The average Bonchev–Trinajstić information content (AvgIpc) is 2.67. The molecule has 0 bridgehead atoms. The molecule has 10 heteroatoms. The van der Waals surface area contributed by atoms with Gasteiger partial charge in [-0.1, -0.05) is 18.2 Å². The number of rotatable bonds is 5. The third-order valence-electron chi connectivity index (χ3n) is 3.70. The topological polar surface area (TPSA) is 86.1 Å². The number of para-hydroxylation sites is 1. The number of aryl methyl sites for hydroxylation is 1. The Labute approximate surface area is 162 Å².